The van der Waals surface area contributed by atoms with E-state index in [-0.39, 0.29) is 5.82 Å². The summed E-state index contributed by atoms with van der Waals surface area (Å²) in [5.41, 5.74) is 0.413. The first-order valence-corrected chi connectivity index (χ1v) is 6.86. The molecule has 2 aromatic rings. The first kappa shape index (κ1) is 14.2. The maximum atomic E-state index is 13.7. The second-order valence-corrected chi connectivity index (χ2v) is 4.44. The lowest BCUT2D eigenvalue weighted by molar-refractivity contribution is 0.631. The zero-order valence-electron chi connectivity index (χ0n) is 11.8. The summed E-state index contributed by atoms with van der Waals surface area (Å²) in [6.45, 7) is 4.86. The summed E-state index contributed by atoms with van der Waals surface area (Å²) in [6, 6.07) is 8.33. The molecule has 0 saturated carbocycles. The second-order valence-electron chi connectivity index (χ2n) is 4.44. The normalized spacial score (nSPS) is 10.3. The minimum atomic E-state index is -0.298. The van der Waals surface area contributed by atoms with Crippen LogP contribution in [0.5, 0.6) is 0 Å². The molecular formula is C15H19FN4. The number of nitrogens with zero attached hydrogens (tertiary/aromatic N) is 2. The number of hydrogen-bond acceptors (Lipinski definition) is 4. The van der Waals surface area contributed by atoms with E-state index in [1.807, 2.05) is 6.92 Å². The van der Waals surface area contributed by atoms with Crippen molar-refractivity contribution in [2.24, 2.45) is 0 Å². The van der Waals surface area contributed by atoms with Gasteiger partial charge in [-0.2, -0.15) is 0 Å². The molecule has 4 nitrogen and oxygen atoms in total. The van der Waals surface area contributed by atoms with Gasteiger partial charge >= 0.3 is 0 Å². The molecule has 1 heterocycles. The topological polar surface area (TPSA) is 49.8 Å². The molecule has 2 N–H and O–H groups in total. The van der Waals surface area contributed by atoms with Crippen LogP contribution < -0.4 is 10.6 Å². The highest BCUT2D eigenvalue weighted by Gasteiger charge is 2.06. The number of para-hydroxylation sites is 1. The molecule has 0 unspecified atom stereocenters. The smallest absolute Gasteiger partial charge is 0.146 e. The van der Waals surface area contributed by atoms with Gasteiger partial charge in [0, 0.05) is 19.0 Å². The molecule has 20 heavy (non-hydrogen) atoms. The van der Waals surface area contributed by atoms with Crippen molar-refractivity contribution in [3.05, 3.63) is 42.0 Å². The molecule has 0 atom stereocenters. The van der Waals surface area contributed by atoms with Crippen LogP contribution in [-0.4, -0.2) is 16.5 Å². The van der Waals surface area contributed by atoms with Crippen molar-refractivity contribution < 1.29 is 4.39 Å². The first-order chi connectivity index (χ1) is 9.72. The van der Waals surface area contributed by atoms with Crippen LogP contribution in [0, 0.1) is 5.82 Å². The van der Waals surface area contributed by atoms with Gasteiger partial charge in [0.15, 0.2) is 0 Å². The quantitative estimate of drug-likeness (QED) is 0.842. The molecule has 0 fully saturated rings. The van der Waals surface area contributed by atoms with E-state index in [1.54, 1.807) is 24.3 Å². The van der Waals surface area contributed by atoms with Gasteiger partial charge in [-0.25, -0.2) is 14.4 Å². The summed E-state index contributed by atoms with van der Waals surface area (Å²) in [5, 5.41) is 6.17. The highest BCUT2D eigenvalue weighted by atomic mass is 19.1. The maximum Gasteiger partial charge on any atom is 0.146 e. The van der Waals surface area contributed by atoms with E-state index in [0.29, 0.717) is 11.5 Å². The van der Waals surface area contributed by atoms with Crippen molar-refractivity contribution in [1.82, 2.24) is 9.97 Å². The van der Waals surface area contributed by atoms with Crippen LogP contribution in [0.15, 0.2) is 30.3 Å². The van der Waals surface area contributed by atoms with Crippen molar-refractivity contribution in [3.63, 3.8) is 0 Å². The maximum absolute atomic E-state index is 13.7. The van der Waals surface area contributed by atoms with Crippen molar-refractivity contribution >= 4 is 17.3 Å². The fourth-order valence-corrected chi connectivity index (χ4v) is 1.87. The van der Waals surface area contributed by atoms with Gasteiger partial charge in [-0.15, -0.1) is 0 Å². The van der Waals surface area contributed by atoms with Crippen molar-refractivity contribution in [1.29, 1.82) is 0 Å². The number of anilines is 3. The molecule has 2 rings (SSSR count). The summed E-state index contributed by atoms with van der Waals surface area (Å²) in [6.07, 6.45) is 1.76. The summed E-state index contributed by atoms with van der Waals surface area (Å²) in [7, 11) is 0. The third-order valence-corrected chi connectivity index (χ3v) is 2.74. The molecule has 0 saturated heterocycles. The monoisotopic (exact) mass is 274 g/mol. The fraction of sp³-hybridized carbons (Fsp3) is 0.333. The van der Waals surface area contributed by atoms with Crippen LogP contribution in [0.4, 0.5) is 21.7 Å². The average Bonchev–Trinajstić information content (AvgIpc) is 2.42. The molecule has 0 spiro atoms. The van der Waals surface area contributed by atoms with Gasteiger partial charge in [-0.1, -0.05) is 19.1 Å². The number of halogens is 1. The van der Waals surface area contributed by atoms with Gasteiger partial charge in [-0.05, 0) is 25.5 Å². The Hall–Kier alpha value is -2.17. The number of benzene rings is 1. The summed E-state index contributed by atoms with van der Waals surface area (Å²) < 4.78 is 13.7. The molecule has 0 aliphatic carbocycles. The lowest BCUT2D eigenvalue weighted by Gasteiger charge is -2.11. The Morgan fingerprint density at radius 1 is 1.10 bits per heavy atom. The zero-order chi connectivity index (χ0) is 14.4. The molecule has 0 aliphatic rings. The van der Waals surface area contributed by atoms with Crippen LogP contribution in [0.3, 0.4) is 0 Å². The Bertz CT molecular complexity index is 547. The minimum Gasteiger partial charge on any atom is -0.370 e. The molecule has 1 aromatic carbocycles. The molecule has 106 valence electrons. The van der Waals surface area contributed by atoms with Crippen LogP contribution in [0.1, 0.15) is 26.1 Å². The molecule has 0 amide bonds. The average molecular weight is 274 g/mol. The highest BCUT2D eigenvalue weighted by molar-refractivity contribution is 5.59. The van der Waals surface area contributed by atoms with Crippen LogP contribution in [-0.2, 0) is 6.42 Å². The van der Waals surface area contributed by atoms with Crippen molar-refractivity contribution in [2.45, 2.75) is 26.7 Å². The standard InChI is InChI=1S/C15H19FN4/c1-3-7-13-19-14(17-4-2)10-15(20-13)18-12-9-6-5-8-11(12)16/h5-6,8-10H,3-4,7H2,1-2H3,(H2,17,18,19,20). The Labute approximate surface area is 118 Å². The summed E-state index contributed by atoms with van der Waals surface area (Å²) in [5.74, 6) is 1.81. The molecule has 0 radical (unpaired) electrons. The number of aryl methyl sites for hydroxylation is 1. The molecule has 0 bridgehead atoms. The SMILES string of the molecule is CCCc1nc(NCC)cc(Nc2ccccc2F)n1. The van der Waals surface area contributed by atoms with Gasteiger partial charge in [0.1, 0.15) is 23.3 Å². The number of aromatic nitrogens is 2. The van der Waals surface area contributed by atoms with Crippen LogP contribution in [0.2, 0.25) is 0 Å². The van der Waals surface area contributed by atoms with Crippen LogP contribution in [0.25, 0.3) is 0 Å². The lowest BCUT2D eigenvalue weighted by atomic mass is 10.3. The van der Waals surface area contributed by atoms with Gasteiger partial charge in [0.25, 0.3) is 0 Å². The molecular weight excluding hydrogens is 255 g/mol. The Kier molecular flexibility index (Phi) is 4.87. The zero-order valence-corrected chi connectivity index (χ0v) is 11.8. The fourth-order valence-electron chi connectivity index (χ4n) is 1.87. The first-order valence-electron chi connectivity index (χ1n) is 6.86. The van der Waals surface area contributed by atoms with Gasteiger partial charge in [0.05, 0.1) is 5.69 Å². The van der Waals surface area contributed by atoms with Gasteiger partial charge in [0.2, 0.25) is 0 Å². The Morgan fingerprint density at radius 2 is 1.85 bits per heavy atom. The predicted molar refractivity (Wildman–Crippen MR) is 79.9 cm³/mol. The Morgan fingerprint density at radius 3 is 2.55 bits per heavy atom. The van der Waals surface area contributed by atoms with E-state index < -0.39 is 0 Å². The lowest BCUT2D eigenvalue weighted by Crippen LogP contribution is -2.06. The Balaban J connectivity index is 2.28. The molecule has 0 aliphatic heterocycles. The molecule has 1 aromatic heterocycles. The van der Waals surface area contributed by atoms with E-state index in [4.69, 9.17) is 0 Å². The van der Waals surface area contributed by atoms with E-state index in [1.165, 1.54) is 6.07 Å². The van der Waals surface area contributed by atoms with E-state index in [0.717, 1.165) is 31.0 Å². The third kappa shape index (κ3) is 3.66. The van der Waals surface area contributed by atoms with E-state index in [2.05, 4.69) is 27.5 Å². The largest absolute Gasteiger partial charge is 0.370 e. The summed E-state index contributed by atoms with van der Waals surface area (Å²) in [4.78, 5) is 8.83. The van der Waals surface area contributed by atoms with Crippen molar-refractivity contribution in [3.8, 4) is 0 Å². The van der Waals surface area contributed by atoms with E-state index >= 15 is 0 Å². The van der Waals surface area contributed by atoms with Crippen LogP contribution >= 0.6 is 0 Å². The number of nitrogens with one attached hydrogen (secondary N) is 2. The minimum absolute atomic E-state index is 0.298. The molecule has 5 heteroatoms. The van der Waals surface area contributed by atoms with Crippen molar-refractivity contribution in [2.75, 3.05) is 17.2 Å². The van der Waals surface area contributed by atoms with Gasteiger partial charge in [-0.3, -0.25) is 0 Å². The summed E-state index contributed by atoms with van der Waals surface area (Å²) >= 11 is 0. The van der Waals surface area contributed by atoms with Gasteiger partial charge < -0.3 is 10.6 Å². The second kappa shape index (κ2) is 6.84. The highest BCUT2D eigenvalue weighted by Crippen LogP contribution is 2.20. The third-order valence-electron chi connectivity index (χ3n) is 2.74. The predicted octanol–water partition coefficient (Wildman–Crippen LogP) is 3.74. The number of rotatable bonds is 6. The van der Waals surface area contributed by atoms with E-state index in [9.17, 15) is 4.39 Å². The number of hydrogen-bond donors (Lipinski definition) is 2.